The molecule has 1 heterocycles. The van der Waals surface area contributed by atoms with Crippen LogP contribution in [0.4, 0.5) is 5.82 Å². The number of nitrogens with two attached hydrogens (primary N) is 1. The number of hydrogen-bond acceptors (Lipinski definition) is 3. The number of rotatable bonds is 2. The third-order valence-corrected chi connectivity index (χ3v) is 3.68. The van der Waals surface area contributed by atoms with E-state index < -0.39 is 0 Å². The summed E-state index contributed by atoms with van der Waals surface area (Å²) in [6, 6.07) is 5.55. The minimum atomic E-state index is -0.0193. The van der Waals surface area contributed by atoms with E-state index in [0.717, 1.165) is 12.8 Å². The maximum absolute atomic E-state index is 12.3. The second-order valence-corrected chi connectivity index (χ2v) is 5.01. The van der Waals surface area contributed by atoms with E-state index in [1.54, 1.807) is 18.2 Å². The molecular formula is C14H21N3O. The first-order valence-electron chi connectivity index (χ1n) is 6.68. The number of anilines is 1. The van der Waals surface area contributed by atoms with E-state index >= 15 is 0 Å². The largest absolute Gasteiger partial charge is 0.384 e. The summed E-state index contributed by atoms with van der Waals surface area (Å²) in [5.74, 6) is 0.379. The van der Waals surface area contributed by atoms with Crippen molar-refractivity contribution in [3.63, 3.8) is 0 Å². The van der Waals surface area contributed by atoms with Crippen LogP contribution in [-0.4, -0.2) is 28.9 Å². The Kier molecular flexibility index (Phi) is 4.18. The van der Waals surface area contributed by atoms with Gasteiger partial charge in [0.1, 0.15) is 11.5 Å². The molecule has 1 aromatic heterocycles. The number of aromatic nitrogens is 1. The van der Waals surface area contributed by atoms with Crippen LogP contribution >= 0.6 is 0 Å². The number of amides is 1. The zero-order chi connectivity index (χ0) is 13.0. The molecule has 1 amide bonds. The highest BCUT2D eigenvalue weighted by molar-refractivity contribution is 5.92. The molecule has 0 aliphatic heterocycles. The molecule has 1 aliphatic carbocycles. The van der Waals surface area contributed by atoms with Crippen molar-refractivity contribution >= 4 is 11.7 Å². The summed E-state index contributed by atoms with van der Waals surface area (Å²) in [4.78, 5) is 18.3. The maximum atomic E-state index is 12.3. The summed E-state index contributed by atoms with van der Waals surface area (Å²) < 4.78 is 0. The molecule has 4 heteroatoms. The van der Waals surface area contributed by atoms with E-state index in [0.29, 0.717) is 17.6 Å². The van der Waals surface area contributed by atoms with Crippen molar-refractivity contribution in [3.05, 3.63) is 23.9 Å². The SMILES string of the molecule is CN(C(=O)c1cccc(N)n1)C1CCCCCC1. The lowest BCUT2D eigenvalue weighted by molar-refractivity contribution is 0.0712. The van der Waals surface area contributed by atoms with Gasteiger partial charge in [-0.05, 0) is 25.0 Å². The van der Waals surface area contributed by atoms with Gasteiger partial charge in [0, 0.05) is 13.1 Å². The monoisotopic (exact) mass is 247 g/mol. The summed E-state index contributed by atoms with van der Waals surface area (Å²) in [5, 5.41) is 0. The van der Waals surface area contributed by atoms with E-state index in [2.05, 4.69) is 4.98 Å². The Morgan fingerprint density at radius 1 is 1.28 bits per heavy atom. The van der Waals surface area contributed by atoms with Gasteiger partial charge in [-0.1, -0.05) is 31.7 Å². The molecule has 0 unspecified atom stereocenters. The average molecular weight is 247 g/mol. The molecule has 0 atom stereocenters. The van der Waals surface area contributed by atoms with Gasteiger partial charge in [-0.15, -0.1) is 0 Å². The Bertz CT molecular complexity index is 411. The van der Waals surface area contributed by atoms with Crippen LogP contribution in [0.1, 0.15) is 49.0 Å². The third kappa shape index (κ3) is 3.00. The van der Waals surface area contributed by atoms with Crippen LogP contribution in [-0.2, 0) is 0 Å². The van der Waals surface area contributed by atoms with Crippen molar-refractivity contribution in [3.8, 4) is 0 Å². The molecule has 0 saturated heterocycles. The van der Waals surface area contributed by atoms with Crippen LogP contribution in [0, 0.1) is 0 Å². The van der Waals surface area contributed by atoms with Crippen LogP contribution < -0.4 is 5.73 Å². The Labute approximate surface area is 108 Å². The van der Waals surface area contributed by atoms with Gasteiger partial charge in [-0.3, -0.25) is 4.79 Å². The van der Waals surface area contributed by atoms with Crippen molar-refractivity contribution in [1.29, 1.82) is 0 Å². The number of nitrogens with zero attached hydrogens (tertiary/aromatic N) is 2. The van der Waals surface area contributed by atoms with Gasteiger partial charge in [0.15, 0.2) is 0 Å². The van der Waals surface area contributed by atoms with E-state index in [4.69, 9.17) is 5.73 Å². The lowest BCUT2D eigenvalue weighted by atomic mass is 10.1. The fourth-order valence-electron chi connectivity index (χ4n) is 2.56. The normalized spacial score (nSPS) is 17.2. The predicted molar refractivity (Wildman–Crippen MR) is 72.2 cm³/mol. The Hall–Kier alpha value is -1.58. The lowest BCUT2D eigenvalue weighted by Crippen LogP contribution is -2.37. The van der Waals surface area contributed by atoms with Gasteiger partial charge in [-0.2, -0.15) is 0 Å². The molecule has 1 aliphatic rings. The number of nitrogen functional groups attached to an aromatic ring is 1. The number of pyridine rings is 1. The summed E-state index contributed by atoms with van der Waals surface area (Å²) in [6.45, 7) is 0. The fraction of sp³-hybridized carbons (Fsp3) is 0.571. The van der Waals surface area contributed by atoms with Crippen molar-refractivity contribution in [2.45, 2.75) is 44.6 Å². The highest BCUT2D eigenvalue weighted by Crippen LogP contribution is 2.22. The molecule has 1 fully saturated rings. The second-order valence-electron chi connectivity index (χ2n) is 5.01. The quantitative estimate of drug-likeness (QED) is 0.817. The fourth-order valence-corrected chi connectivity index (χ4v) is 2.56. The molecule has 2 N–H and O–H groups in total. The minimum absolute atomic E-state index is 0.0193. The second kappa shape index (κ2) is 5.85. The molecule has 1 aromatic rings. The lowest BCUT2D eigenvalue weighted by Gasteiger charge is -2.26. The van der Waals surface area contributed by atoms with Crippen LogP contribution in [0.5, 0.6) is 0 Å². The zero-order valence-electron chi connectivity index (χ0n) is 10.9. The van der Waals surface area contributed by atoms with Gasteiger partial charge < -0.3 is 10.6 Å². The Balaban J connectivity index is 2.07. The predicted octanol–water partition coefficient (Wildman–Crippen LogP) is 2.46. The van der Waals surface area contributed by atoms with Crippen LogP contribution in [0.3, 0.4) is 0 Å². The first-order valence-corrected chi connectivity index (χ1v) is 6.68. The van der Waals surface area contributed by atoms with E-state index in [1.807, 2.05) is 11.9 Å². The smallest absolute Gasteiger partial charge is 0.272 e. The molecular weight excluding hydrogens is 226 g/mol. The molecule has 18 heavy (non-hydrogen) atoms. The van der Waals surface area contributed by atoms with Crippen molar-refractivity contribution < 1.29 is 4.79 Å². The highest BCUT2D eigenvalue weighted by Gasteiger charge is 2.22. The number of carbonyl (C=O) groups is 1. The summed E-state index contributed by atoms with van der Waals surface area (Å²) in [5.41, 5.74) is 6.06. The van der Waals surface area contributed by atoms with Gasteiger partial charge >= 0.3 is 0 Å². The van der Waals surface area contributed by atoms with Crippen molar-refractivity contribution in [2.24, 2.45) is 0 Å². The van der Waals surface area contributed by atoms with Gasteiger partial charge in [0.05, 0.1) is 0 Å². The van der Waals surface area contributed by atoms with Crippen molar-refractivity contribution in [2.75, 3.05) is 12.8 Å². The van der Waals surface area contributed by atoms with E-state index in [-0.39, 0.29) is 5.91 Å². The summed E-state index contributed by atoms with van der Waals surface area (Å²) >= 11 is 0. The zero-order valence-corrected chi connectivity index (χ0v) is 10.9. The molecule has 0 aromatic carbocycles. The molecule has 2 rings (SSSR count). The van der Waals surface area contributed by atoms with Gasteiger partial charge in [0.25, 0.3) is 5.91 Å². The number of carbonyl (C=O) groups excluding carboxylic acids is 1. The minimum Gasteiger partial charge on any atom is -0.384 e. The molecule has 1 saturated carbocycles. The number of hydrogen-bond donors (Lipinski definition) is 1. The Morgan fingerprint density at radius 2 is 1.94 bits per heavy atom. The highest BCUT2D eigenvalue weighted by atomic mass is 16.2. The van der Waals surface area contributed by atoms with Crippen LogP contribution in [0.2, 0.25) is 0 Å². The first kappa shape index (κ1) is 12.9. The standard InChI is InChI=1S/C14H21N3O/c1-17(11-7-4-2-3-5-8-11)14(18)12-9-6-10-13(15)16-12/h6,9-11H,2-5,7-8H2,1H3,(H2,15,16). The van der Waals surface area contributed by atoms with Crippen LogP contribution in [0.25, 0.3) is 0 Å². The molecule has 0 radical (unpaired) electrons. The average Bonchev–Trinajstić information content (AvgIpc) is 2.66. The molecule has 98 valence electrons. The first-order chi connectivity index (χ1) is 8.68. The maximum Gasteiger partial charge on any atom is 0.272 e. The molecule has 0 bridgehead atoms. The Morgan fingerprint density at radius 3 is 2.56 bits per heavy atom. The van der Waals surface area contributed by atoms with Gasteiger partial charge in [0.2, 0.25) is 0 Å². The third-order valence-electron chi connectivity index (χ3n) is 3.68. The van der Waals surface area contributed by atoms with Gasteiger partial charge in [-0.25, -0.2) is 4.98 Å². The topological polar surface area (TPSA) is 59.2 Å². The summed E-state index contributed by atoms with van der Waals surface area (Å²) in [6.07, 6.45) is 7.21. The van der Waals surface area contributed by atoms with E-state index in [9.17, 15) is 4.79 Å². The summed E-state index contributed by atoms with van der Waals surface area (Å²) in [7, 11) is 1.88. The molecule has 0 spiro atoms. The van der Waals surface area contributed by atoms with E-state index in [1.165, 1.54) is 25.7 Å². The molecule has 4 nitrogen and oxygen atoms in total. The van der Waals surface area contributed by atoms with Crippen LogP contribution in [0.15, 0.2) is 18.2 Å². The van der Waals surface area contributed by atoms with Crippen molar-refractivity contribution in [1.82, 2.24) is 9.88 Å².